The first-order valence-corrected chi connectivity index (χ1v) is 6.67. The summed E-state index contributed by atoms with van der Waals surface area (Å²) in [5, 5.41) is 8.91. The third-order valence-electron chi connectivity index (χ3n) is 3.12. The molecule has 1 aromatic carbocycles. The summed E-state index contributed by atoms with van der Waals surface area (Å²) in [7, 11) is 1.35. The molecular formula is C15H12ClN3O2. The molecule has 0 unspecified atom stereocenters. The smallest absolute Gasteiger partial charge is 0.339 e. The number of hydrogen-bond acceptors (Lipinski definition) is 4. The molecule has 106 valence electrons. The van der Waals surface area contributed by atoms with Crippen molar-refractivity contribution < 1.29 is 9.53 Å². The third-order valence-corrected chi connectivity index (χ3v) is 3.34. The third kappa shape index (κ3) is 2.48. The molecule has 0 bridgehead atoms. The zero-order valence-corrected chi connectivity index (χ0v) is 12.3. The van der Waals surface area contributed by atoms with Crippen molar-refractivity contribution in [3.8, 4) is 11.4 Å². The zero-order chi connectivity index (χ0) is 15.0. The van der Waals surface area contributed by atoms with Crippen LogP contribution in [0.25, 0.3) is 17.0 Å². The highest BCUT2D eigenvalue weighted by Crippen LogP contribution is 2.24. The van der Waals surface area contributed by atoms with Gasteiger partial charge in [0.15, 0.2) is 11.5 Å². The summed E-state index contributed by atoms with van der Waals surface area (Å²) in [5.41, 5.74) is 2.95. The average Bonchev–Trinajstić information content (AvgIpc) is 2.88. The van der Waals surface area contributed by atoms with E-state index < -0.39 is 5.97 Å². The summed E-state index contributed by atoms with van der Waals surface area (Å²) < 4.78 is 6.48. The van der Waals surface area contributed by atoms with Crippen molar-refractivity contribution in [2.45, 2.75) is 6.92 Å². The van der Waals surface area contributed by atoms with E-state index in [2.05, 4.69) is 10.2 Å². The molecule has 3 aromatic rings. The molecule has 2 aromatic heterocycles. The number of carbonyl (C=O) groups is 1. The molecule has 0 saturated carbocycles. The van der Waals surface area contributed by atoms with Crippen LogP contribution in [0.3, 0.4) is 0 Å². The topological polar surface area (TPSA) is 56.5 Å². The van der Waals surface area contributed by atoms with Gasteiger partial charge in [0, 0.05) is 16.8 Å². The minimum atomic E-state index is -0.404. The molecule has 6 heteroatoms. The number of nitrogens with zero attached hydrogens (tertiary/aromatic N) is 3. The van der Waals surface area contributed by atoms with E-state index in [0.717, 1.165) is 11.1 Å². The number of esters is 1. The Kier molecular flexibility index (Phi) is 3.35. The predicted octanol–water partition coefficient (Wildman–Crippen LogP) is 3.14. The Hall–Kier alpha value is -2.40. The molecule has 2 heterocycles. The first-order valence-electron chi connectivity index (χ1n) is 6.29. The number of halogens is 1. The van der Waals surface area contributed by atoms with Gasteiger partial charge >= 0.3 is 5.97 Å². The van der Waals surface area contributed by atoms with Gasteiger partial charge in [0.25, 0.3) is 0 Å². The lowest BCUT2D eigenvalue weighted by Crippen LogP contribution is -2.03. The van der Waals surface area contributed by atoms with E-state index in [1.165, 1.54) is 7.11 Å². The van der Waals surface area contributed by atoms with E-state index in [1.807, 2.05) is 25.1 Å². The zero-order valence-electron chi connectivity index (χ0n) is 11.5. The summed E-state index contributed by atoms with van der Waals surface area (Å²) in [5.74, 6) is 0.222. The Bertz CT molecular complexity index is 822. The van der Waals surface area contributed by atoms with Gasteiger partial charge in [-0.15, -0.1) is 10.2 Å². The predicted molar refractivity (Wildman–Crippen MR) is 79.5 cm³/mol. The summed E-state index contributed by atoms with van der Waals surface area (Å²) in [6.45, 7) is 1.96. The number of carbonyl (C=O) groups excluding carboxylic acids is 1. The highest BCUT2D eigenvalue weighted by molar-refractivity contribution is 6.30. The number of methoxy groups -OCH3 is 1. The maximum Gasteiger partial charge on any atom is 0.339 e. The SMILES string of the molecule is COC(=O)c1ccc2nnc(-c3cc(C)cc(Cl)c3)n2c1. The second-order valence-corrected chi connectivity index (χ2v) is 5.11. The number of rotatable bonds is 2. The van der Waals surface area contributed by atoms with Gasteiger partial charge in [0.05, 0.1) is 12.7 Å². The fourth-order valence-corrected chi connectivity index (χ4v) is 2.48. The molecule has 0 saturated heterocycles. The van der Waals surface area contributed by atoms with Crippen molar-refractivity contribution in [2.24, 2.45) is 0 Å². The fraction of sp³-hybridized carbons (Fsp3) is 0.133. The van der Waals surface area contributed by atoms with Gasteiger partial charge in [-0.05, 0) is 42.8 Å². The van der Waals surface area contributed by atoms with Crippen molar-refractivity contribution >= 4 is 23.2 Å². The molecule has 0 fully saturated rings. The molecular weight excluding hydrogens is 290 g/mol. The standard InChI is InChI=1S/C15H12ClN3O2/c1-9-5-11(7-12(16)6-9)14-18-17-13-4-3-10(8-19(13)14)15(20)21-2/h3-8H,1-2H3. The van der Waals surface area contributed by atoms with E-state index in [-0.39, 0.29) is 0 Å². The van der Waals surface area contributed by atoms with E-state index in [0.29, 0.717) is 22.1 Å². The fourth-order valence-electron chi connectivity index (χ4n) is 2.19. The lowest BCUT2D eigenvalue weighted by molar-refractivity contribution is 0.0600. The Balaban J connectivity index is 2.20. The van der Waals surface area contributed by atoms with Crippen LogP contribution in [-0.4, -0.2) is 27.7 Å². The average molecular weight is 302 g/mol. The molecule has 0 aliphatic carbocycles. The van der Waals surface area contributed by atoms with Crippen molar-refractivity contribution in [2.75, 3.05) is 7.11 Å². The summed E-state index contributed by atoms with van der Waals surface area (Å²) in [4.78, 5) is 11.6. The van der Waals surface area contributed by atoms with Gasteiger partial charge in [0.2, 0.25) is 0 Å². The number of pyridine rings is 1. The van der Waals surface area contributed by atoms with Crippen molar-refractivity contribution in [3.63, 3.8) is 0 Å². The molecule has 21 heavy (non-hydrogen) atoms. The molecule has 0 radical (unpaired) electrons. The van der Waals surface area contributed by atoms with Crippen LogP contribution >= 0.6 is 11.6 Å². The monoisotopic (exact) mass is 301 g/mol. The number of hydrogen-bond donors (Lipinski definition) is 0. The summed E-state index contributed by atoms with van der Waals surface area (Å²) >= 11 is 6.09. The Labute approximate surface area is 126 Å². The van der Waals surface area contributed by atoms with Crippen LogP contribution in [0.1, 0.15) is 15.9 Å². The maximum absolute atomic E-state index is 11.6. The molecule has 0 amide bonds. The lowest BCUT2D eigenvalue weighted by atomic mass is 10.1. The molecule has 0 aliphatic rings. The quantitative estimate of drug-likeness (QED) is 0.682. The van der Waals surface area contributed by atoms with Gasteiger partial charge in [-0.1, -0.05) is 11.6 Å². The van der Waals surface area contributed by atoms with Crippen molar-refractivity contribution in [3.05, 3.63) is 52.7 Å². The van der Waals surface area contributed by atoms with E-state index in [9.17, 15) is 4.79 Å². The van der Waals surface area contributed by atoms with E-state index in [1.54, 1.807) is 22.7 Å². The van der Waals surface area contributed by atoms with Gasteiger partial charge in [-0.25, -0.2) is 4.79 Å². The number of ether oxygens (including phenoxy) is 1. The highest BCUT2D eigenvalue weighted by atomic mass is 35.5. The van der Waals surface area contributed by atoms with E-state index in [4.69, 9.17) is 16.3 Å². The summed E-state index contributed by atoms with van der Waals surface area (Å²) in [6.07, 6.45) is 1.66. The van der Waals surface area contributed by atoms with Crippen LogP contribution in [0.4, 0.5) is 0 Å². The molecule has 5 nitrogen and oxygen atoms in total. The molecule has 0 N–H and O–H groups in total. The first-order chi connectivity index (χ1) is 10.1. The van der Waals surface area contributed by atoms with Crippen LogP contribution in [0.5, 0.6) is 0 Å². The first kappa shape index (κ1) is 13.6. The Morgan fingerprint density at radius 1 is 1.24 bits per heavy atom. The van der Waals surface area contributed by atoms with Crippen LogP contribution in [0, 0.1) is 6.92 Å². The van der Waals surface area contributed by atoms with Gasteiger partial charge in [0.1, 0.15) is 0 Å². The highest BCUT2D eigenvalue weighted by Gasteiger charge is 2.12. The van der Waals surface area contributed by atoms with Gasteiger partial charge in [-0.2, -0.15) is 0 Å². The summed E-state index contributed by atoms with van der Waals surface area (Å²) in [6, 6.07) is 9.03. The molecule has 0 aliphatic heterocycles. The normalized spacial score (nSPS) is 10.8. The van der Waals surface area contributed by atoms with Crippen LogP contribution < -0.4 is 0 Å². The van der Waals surface area contributed by atoms with Crippen LogP contribution in [0.15, 0.2) is 36.5 Å². The molecule has 0 spiro atoms. The van der Waals surface area contributed by atoms with E-state index >= 15 is 0 Å². The Morgan fingerprint density at radius 2 is 2.05 bits per heavy atom. The van der Waals surface area contributed by atoms with Crippen LogP contribution in [-0.2, 0) is 4.74 Å². The second-order valence-electron chi connectivity index (χ2n) is 4.68. The number of aromatic nitrogens is 3. The van der Waals surface area contributed by atoms with Gasteiger partial charge in [-0.3, -0.25) is 4.40 Å². The molecule has 3 rings (SSSR count). The minimum Gasteiger partial charge on any atom is -0.465 e. The number of fused-ring (bicyclic) bond motifs is 1. The lowest BCUT2D eigenvalue weighted by Gasteiger charge is -2.04. The van der Waals surface area contributed by atoms with Crippen LogP contribution in [0.2, 0.25) is 5.02 Å². The molecule has 0 atom stereocenters. The maximum atomic E-state index is 11.6. The van der Waals surface area contributed by atoms with Gasteiger partial charge < -0.3 is 4.74 Å². The number of aryl methyl sites for hydroxylation is 1. The van der Waals surface area contributed by atoms with Crippen molar-refractivity contribution in [1.82, 2.24) is 14.6 Å². The minimum absolute atomic E-state index is 0.404. The number of benzene rings is 1. The largest absolute Gasteiger partial charge is 0.465 e. The second kappa shape index (κ2) is 5.18. The van der Waals surface area contributed by atoms with Crippen molar-refractivity contribution in [1.29, 1.82) is 0 Å². The Morgan fingerprint density at radius 3 is 2.76 bits per heavy atom.